The van der Waals surface area contributed by atoms with Gasteiger partial charge in [-0.1, -0.05) is 12.1 Å². The second-order valence-electron chi connectivity index (χ2n) is 3.77. The van der Waals surface area contributed by atoms with Crippen molar-refractivity contribution in [1.82, 2.24) is 9.97 Å². The van der Waals surface area contributed by atoms with Gasteiger partial charge in [0, 0.05) is 30.3 Å². The Kier molecular flexibility index (Phi) is 4.30. The standard InChI is InChI=1S/C12H12N4O2S/c13-11-12(15-7-6-14-11)19-8-5-9-1-3-10(4-2-9)16(17)18/h1-4,6-7H,5,8H2,(H2,13,14). The Morgan fingerprint density at radius 1 is 1.21 bits per heavy atom. The van der Waals surface area contributed by atoms with Gasteiger partial charge in [-0.05, 0) is 12.0 Å². The fourth-order valence-corrected chi connectivity index (χ4v) is 2.36. The summed E-state index contributed by atoms with van der Waals surface area (Å²) >= 11 is 1.52. The van der Waals surface area contributed by atoms with Crippen LogP contribution in [-0.4, -0.2) is 20.6 Å². The predicted octanol–water partition coefficient (Wildman–Crippen LogP) is 2.30. The minimum atomic E-state index is -0.404. The predicted molar refractivity (Wildman–Crippen MR) is 74.0 cm³/mol. The number of benzene rings is 1. The van der Waals surface area contributed by atoms with E-state index in [0.717, 1.165) is 17.7 Å². The third-order valence-electron chi connectivity index (χ3n) is 2.47. The van der Waals surface area contributed by atoms with Gasteiger partial charge < -0.3 is 5.73 Å². The molecule has 0 bridgehead atoms. The number of nitrogen functional groups attached to an aromatic ring is 1. The van der Waals surface area contributed by atoms with Crippen molar-refractivity contribution in [2.24, 2.45) is 0 Å². The highest BCUT2D eigenvalue weighted by atomic mass is 32.2. The number of nitro groups is 1. The van der Waals surface area contributed by atoms with Crippen LogP contribution in [0.2, 0.25) is 0 Å². The maximum absolute atomic E-state index is 10.5. The molecule has 0 unspecified atom stereocenters. The second-order valence-corrected chi connectivity index (χ2v) is 4.85. The maximum Gasteiger partial charge on any atom is 0.269 e. The SMILES string of the molecule is Nc1nccnc1SCCc1ccc([N+](=O)[O-])cc1. The summed E-state index contributed by atoms with van der Waals surface area (Å²) < 4.78 is 0. The van der Waals surface area contributed by atoms with Crippen LogP contribution in [-0.2, 0) is 6.42 Å². The summed E-state index contributed by atoms with van der Waals surface area (Å²) in [6.07, 6.45) is 3.94. The number of thioether (sulfide) groups is 1. The maximum atomic E-state index is 10.5. The molecule has 2 N–H and O–H groups in total. The number of non-ortho nitro benzene ring substituents is 1. The average Bonchev–Trinajstić information content (AvgIpc) is 2.41. The van der Waals surface area contributed by atoms with Crippen LogP contribution < -0.4 is 5.73 Å². The lowest BCUT2D eigenvalue weighted by Crippen LogP contribution is -1.96. The smallest absolute Gasteiger partial charge is 0.269 e. The van der Waals surface area contributed by atoms with Crippen LogP contribution in [0.5, 0.6) is 0 Å². The molecule has 0 fully saturated rings. The highest BCUT2D eigenvalue weighted by Gasteiger charge is 2.05. The first-order valence-electron chi connectivity index (χ1n) is 5.59. The molecule has 0 spiro atoms. The molecule has 0 aliphatic heterocycles. The monoisotopic (exact) mass is 276 g/mol. The zero-order chi connectivity index (χ0) is 13.7. The minimum absolute atomic E-state index is 0.106. The van der Waals surface area contributed by atoms with Gasteiger partial charge in [-0.3, -0.25) is 10.1 Å². The molecule has 19 heavy (non-hydrogen) atoms. The van der Waals surface area contributed by atoms with Crippen molar-refractivity contribution < 1.29 is 4.92 Å². The second kappa shape index (κ2) is 6.14. The lowest BCUT2D eigenvalue weighted by atomic mass is 10.1. The lowest BCUT2D eigenvalue weighted by Gasteiger charge is -2.03. The third kappa shape index (κ3) is 3.65. The molecule has 0 saturated heterocycles. The van der Waals surface area contributed by atoms with Crippen LogP contribution in [0.4, 0.5) is 11.5 Å². The van der Waals surface area contributed by atoms with E-state index < -0.39 is 4.92 Å². The Morgan fingerprint density at radius 2 is 1.89 bits per heavy atom. The zero-order valence-electron chi connectivity index (χ0n) is 10.0. The minimum Gasteiger partial charge on any atom is -0.381 e. The van der Waals surface area contributed by atoms with Crippen molar-refractivity contribution in [3.8, 4) is 0 Å². The number of anilines is 1. The molecule has 7 heteroatoms. The van der Waals surface area contributed by atoms with Crippen molar-refractivity contribution in [3.63, 3.8) is 0 Å². The van der Waals surface area contributed by atoms with E-state index in [0.29, 0.717) is 10.8 Å². The van der Waals surface area contributed by atoms with Crippen LogP contribution in [0.25, 0.3) is 0 Å². The number of aromatic nitrogens is 2. The van der Waals surface area contributed by atoms with E-state index in [1.54, 1.807) is 24.5 Å². The number of aryl methyl sites for hydroxylation is 1. The van der Waals surface area contributed by atoms with Crippen LogP contribution in [0.1, 0.15) is 5.56 Å². The van der Waals surface area contributed by atoms with Crippen molar-refractivity contribution in [3.05, 3.63) is 52.3 Å². The highest BCUT2D eigenvalue weighted by Crippen LogP contribution is 2.21. The van der Waals surface area contributed by atoms with Gasteiger partial charge in [-0.2, -0.15) is 0 Å². The Labute approximate surface area is 114 Å². The first-order valence-corrected chi connectivity index (χ1v) is 6.58. The fraction of sp³-hybridized carbons (Fsp3) is 0.167. The summed E-state index contributed by atoms with van der Waals surface area (Å²) in [5, 5.41) is 11.2. The van der Waals surface area contributed by atoms with Gasteiger partial charge in [0.05, 0.1) is 4.92 Å². The van der Waals surface area contributed by atoms with E-state index in [1.165, 1.54) is 23.9 Å². The van der Waals surface area contributed by atoms with Crippen molar-refractivity contribution >= 4 is 23.3 Å². The molecule has 0 amide bonds. The molecule has 0 saturated carbocycles. The molecule has 2 aromatic rings. The number of nitrogens with zero attached hydrogens (tertiary/aromatic N) is 3. The topological polar surface area (TPSA) is 94.9 Å². The van der Waals surface area contributed by atoms with E-state index in [9.17, 15) is 10.1 Å². The van der Waals surface area contributed by atoms with E-state index >= 15 is 0 Å². The normalized spacial score (nSPS) is 10.3. The number of nitrogens with two attached hydrogens (primary N) is 1. The Hall–Kier alpha value is -2.15. The lowest BCUT2D eigenvalue weighted by molar-refractivity contribution is -0.384. The molecule has 0 radical (unpaired) electrons. The van der Waals surface area contributed by atoms with Crippen LogP contribution in [0.3, 0.4) is 0 Å². The van der Waals surface area contributed by atoms with Gasteiger partial charge in [0.2, 0.25) is 0 Å². The fourth-order valence-electron chi connectivity index (χ4n) is 1.50. The largest absolute Gasteiger partial charge is 0.381 e. The van der Waals surface area contributed by atoms with Gasteiger partial charge >= 0.3 is 0 Å². The summed E-state index contributed by atoms with van der Waals surface area (Å²) in [4.78, 5) is 18.2. The van der Waals surface area contributed by atoms with Crippen molar-refractivity contribution in [2.45, 2.75) is 11.4 Å². The number of hydrogen-bond donors (Lipinski definition) is 1. The van der Waals surface area contributed by atoms with Gasteiger partial charge in [0.1, 0.15) is 5.03 Å². The summed E-state index contributed by atoms with van der Waals surface area (Å²) in [6.45, 7) is 0. The summed E-state index contributed by atoms with van der Waals surface area (Å²) in [5.41, 5.74) is 6.83. The quantitative estimate of drug-likeness (QED) is 0.511. The van der Waals surface area contributed by atoms with Crippen LogP contribution >= 0.6 is 11.8 Å². The molecule has 0 aliphatic rings. The van der Waals surface area contributed by atoms with Gasteiger partial charge in [0.25, 0.3) is 5.69 Å². The molecule has 1 heterocycles. The van der Waals surface area contributed by atoms with E-state index in [-0.39, 0.29) is 5.69 Å². The molecule has 6 nitrogen and oxygen atoms in total. The summed E-state index contributed by atoms with van der Waals surface area (Å²) in [7, 11) is 0. The van der Waals surface area contributed by atoms with E-state index in [2.05, 4.69) is 9.97 Å². The third-order valence-corrected chi connectivity index (χ3v) is 3.46. The zero-order valence-corrected chi connectivity index (χ0v) is 10.8. The van der Waals surface area contributed by atoms with Crippen LogP contribution in [0.15, 0.2) is 41.7 Å². The van der Waals surface area contributed by atoms with E-state index in [1.807, 2.05) is 0 Å². The number of rotatable bonds is 5. The number of hydrogen-bond acceptors (Lipinski definition) is 6. The molecule has 1 aromatic heterocycles. The van der Waals surface area contributed by atoms with E-state index in [4.69, 9.17) is 5.73 Å². The highest BCUT2D eigenvalue weighted by molar-refractivity contribution is 7.99. The molecule has 0 aliphatic carbocycles. The van der Waals surface area contributed by atoms with Crippen molar-refractivity contribution in [1.29, 1.82) is 0 Å². The molecule has 2 rings (SSSR count). The molecular weight excluding hydrogens is 264 g/mol. The Balaban J connectivity index is 1.89. The molecular formula is C12H12N4O2S. The van der Waals surface area contributed by atoms with Gasteiger partial charge in [0.15, 0.2) is 5.82 Å². The Morgan fingerprint density at radius 3 is 2.53 bits per heavy atom. The average molecular weight is 276 g/mol. The summed E-state index contributed by atoms with van der Waals surface area (Å²) in [6, 6.07) is 6.55. The summed E-state index contributed by atoms with van der Waals surface area (Å²) in [5.74, 6) is 1.22. The Bertz CT molecular complexity index is 574. The molecule has 1 aromatic carbocycles. The first kappa shape index (κ1) is 13.3. The van der Waals surface area contributed by atoms with Crippen molar-refractivity contribution in [2.75, 3.05) is 11.5 Å². The first-order chi connectivity index (χ1) is 9.16. The van der Waals surface area contributed by atoms with Crippen LogP contribution in [0, 0.1) is 10.1 Å². The van der Waals surface area contributed by atoms with Gasteiger partial charge in [-0.25, -0.2) is 9.97 Å². The van der Waals surface area contributed by atoms with Gasteiger partial charge in [-0.15, -0.1) is 11.8 Å². The number of nitro benzene ring substituents is 1. The molecule has 98 valence electrons. The molecule has 0 atom stereocenters.